The zero-order valence-corrected chi connectivity index (χ0v) is 10.9. The quantitative estimate of drug-likeness (QED) is 0.516. The standard InChI is InChI=1S/C10H8Br2F2O/c11-6-3-8(13)5-1-2-15-4-7(12)9(5)10(6)14/h3,7H,1-2,4H2. The van der Waals surface area contributed by atoms with E-state index in [-0.39, 0.29) is 15.1 Å². The van der Waals surface area contributed by atoms with Crippen molar-refractivity contribution in [3.05, 3.63) is 33.3 Å². The Kier molecular flexibility index (Phi) is 3.42. The number of hydrogen-bond donors (Lipinski definition) is 0. The van der Waals surface area contributed by atoms with E-state index in [1.165, 1.54) is 6.07 Å². The van der Waals surface area contributed by atoms with E-state index in [4.69, 9.17) is 4.74 Å². The molecule has 0 fully saturated rings. The van der Waals surface area contributed by atoms with E-state index in [1.54, 1.807) is 0 Å². The van der Waals surface area contributed by atoms with Crippen molar-refractivity contribution < 1.29 is 13.5 Å². The second kappa shape index (κ2) is 4.47. The second-order valence-electron chi connectivity index (χ2n) is 3.34. The fraction of sp³-hybridized carbons (Fsp3) is 0.400. The van der Waals surface area contributed by atoms with E-state index < -0.39 is 5.82 Å². The van der Waals surface area contributed by atoms with Crippen LogP contribution in [0.1, 0.15) is 16.0 Å². The van der Waals surface area contributed by atoms with E-state index in [0.717, 1.165) is 0 Å². The molecule has 0 radical (unpaired) electrons. The van der Waals surface area contributed by atoms with Crippen LogP contribution >= 0.6 is 31.9 Å². The average Bonchev–Trinajstić information content (AvgIpc) is 2.37. The number of fused-ring (bicyclic) bond motifs is 1. The zero-order chi connectivity index (χ0) is 11.0. The maximum atomic E-state index is 13.8. The minimum atomic E-state index is -0.404. The molecule has 0 saturated heterocycles. The summed E-state index contributed by atoms with van der Waals surface area (Å²) in [6.07, 6.45) is 0.410. The first kappa shape index (κ1) is 11.5. The number of alkyl halides is 1. The van der Waals surface area contributed by atoms with Crippen molar-refractivity contribution in [2.24, 2.45) is 0 Å². The number of rotatable bonds is 0. The van der Waals surface area contributed by atoms with Gasteiger partial charge in [0.05, 0.1) is 22.5 Å². The Morgan fingerprint density at radius 3 is 2.87 bits per heavy atom. The van der Waals surface area contributed by atoms with Crippen LogP contribution < -0.4 is 0 Å². The summed E-state index contributed by atoms with van der Waals surface area (Å²) in [6, 6.07) is 1.17. The molecular weight excluding hydrogens is 334 g/mol. The van der Waals surface area contributed by atoms with Gasteiger partial charge >= 0.3 is 0 Å². The highest BCUT2D eigenvalue weighted by Crippen LogP contribution is 2.36. The van der Waals surface area contributed by atoms with Crippen LogP contribution in [0.5, 0.6) is 0 Å². The summed E-state index contributed by atoms with van der Waals surface area (Å²) >= 11 is 6.31. The molecule has 0 aliphatic carbocycles. The predicted molar refractivity (Wildman–Crippen MR) is 60.2 cm³/mol. The topological polar surface area (TPSA) is 9.23 Å². The first-order chi connectivity index (χ1) is 7.11. The van der Waals surface area contributed by atoms with Gasteiger partial charge in [0.25, 0.3) is 0 Å². The van der Waals surface area contributed by atoms with E-state index in [2.05, 4.69) is 31.9 Å². The van der Waals surface area contributed by atoms with Gasteiger partial charge in [-0.3, -0.25) is 0 Å². The van der Waals surface area contributed by atoms with Crippen LogP contribution in [0.4, 0.5) is 8.78 Å². The summed E-state index contributed by atoms with van der Waals surface area (Å²) in [5.41, 5.74) is 0.787. The zero-order valence-electron chi connectivity index (χ0n) is 7.70. The van der Waals surface area contributed by atoms with Gasteiger partial charge in [-0.25, -0.2) is 8.78 Å². The smallest absolute Gasteiger partial charge is 0.142 e. The minimum absolute atomic E-state index is 0.157. The third-order valence-corrected chi connectivity index (χ3v) is 3.69. The van der Waals surface area contributed by atoms with Gasteiger partial charge in [-0.2, -0.15) is 0 Å². The summed E-state index contributed by atoms with van der Waals surface area (Å²) in [5, 5.41) is 0. The summed E-state index contributed by atoms with van der Waals surface area (Å²) in [5.74, 6) is -0.785. The van der Waals surface area contributed by atoms with Gasteiger partial charge < -0.3 is 4.74 Å². The molecule has 1 unspecified atom stereocenters. The molecule has 1 aliphatic heterocycles. The molecule has 0 bridgehead atoms. The maximum Gasteiger partial charge on any atom is 0.142 e. The molecule has 0 aromatic heterocycles. The highest BCUT2D eigenvalue weighted by molar-refractivity contribution is 9.10. The summed E-state index contributed by atoms with van der Waals surface area (Å²) < 4.78 is 32.8. The van der Waals surface area contributed by atoms with E-state index >= 15 is 0 Å². The highest BCUT2D eigenvalue weighted by atomic mass is 79.9. The van der Waals surface area contributed by atoms with Crippen LogP contribution in [-0.4, -0.2) is 13.2 Å². The monoisotopic (exact) mass is 340 g/mol. The Morgan fingerprint density at radius 1 is 1.40 bits per heavy atom. The molecule has 1 aromatic rings. The summed E-state index contributed by atoms with van der Waals surface area (Å²) in [6.45, 7) is 0.785. The lowest BCUT2D eigenvalue weighted by molar-refractivity contribution is 0.145. The molecule has 1 aliphatic rings. The fourth-order valence-corrected chi connectivity index (χ4v) is 2.76. The van der Waals surface area contributed by atoms with Crippen LogP contribution in [0.15, 0.2) is 10.5 Å². The number of hydrogen-bond acceptors (Lipinski definition) is 1. The van der Waals surface area contributed by atoms with Gasteiger partial charge in [0.1, 0.15) is 11.6 Å². The van der Waals surface area contributed by atoms with Crippen LogP contribution in [0.2, 0.25) is 0 Å². The molecular formula is C10H8Br2F2O. The highest BCUT2D eigenvalue weighted by Gasteiger charge is 2.25. The molecule has 0 N–H and O–H groups in total. The molecule has 1 nitrogen and oxygen atoms in total. The van der Waals surface area contributed by atoms with Crippen LogP contribution in [0, 0.1) is 11.6 Å². The van der Waals surface area contributed by atoms with Crippen LogP contribution in [0.3, 0.4) is 0 Å². The van der Waals surface area contributed by atoms with Crippen molar-refractivity contribution in [3.8, 4) is 0 Å². The Morgan fingerprint density at radius 2 is 2.13 bits per heavy atom. The first-order valence-corrected chi connectivity index (χ1v) is 6.20. The van der Waals surface area contributed by atoms with E-state index in [1.807, 2.05) is 0 Å². The predicted octanol–water partition coefficient (Wildman–Crippen LogP) is 3.74. The lowest BCUT2D eigenvalue weighted by Crippen LogP contribution is -2.04. The Hall–Kier alpha value is -0.0000000000000000555. The lowest BCUT2D eigenvalue weighted by atomic mass is 10.0. The second-order valence-corrected chi connectivity index (χ2v) is 5.30. The van der Waals surface area contributed by atoms with Crippen molar-refractivity contribution >= 4 is 31.9 Å². The third kappa shape index (κ3) is 2.10. The minimum Gasteiger partial charge on any atom is -0.380 e. The number of benzene rings is 1. The SMILES string of the molecule is Fc1cc(Br)c(F)c2c1CCOCC2Br. The largest absolute Gasteiger partial charge is 0.380 e. The van der Waals surface area contributed by atoms with Crippen molar-refractivity contribution in [3.63, 3.8) is 0 Å². The third-order valence-electron chi connectivity index (χ3n) is 2.39. The molecule has 2 rings (SSSR count). The van der Waals surface area contributed by atoms with Gasteiger partial charge in [0.2, 0.25) is 0 Å². The average molecular weight is 342 g/mol. The Bertz CT molecular complexity index is 395. The van der Waals surface area contributed by atoms with Gasteiger partial charge in [-0.05, 0) is 34.0 Å². The molecule has 15 heavy (non-hydrogen) atoms. The van der Waals surface area contributed by atoms with Crippen molar-refractivity contribution in [2.75, 3.05) is 13.2 Å². The van der Waals surface area contributed by atoms with Crippen LogP contribution in [0.25, 0.3) is 0 Å². The Labute approximate surface area is 103 Å². The van der Waals surface area contributed by atoms with E-state index in [9.17, 15) is 8.78 Å². The Balaban J connectivity index is 2.63. The van der Waals surface area contributed by atoms with Gasteiger partial charge in [0.15, 0.2) is 0 Å². The number of ether oxygens (including phenoxy) is 1. The summed E-state index contributed by atoms with van der Waals surface area (Å²) in [7, 11) is 0. The van der Waals surface area contributed by atoms with Crippen molar-refractivity contribution in [1.29, 1.82) is 0 Å². The molecule has 82 valence electrons. The fourth-order valence-electron chi connectivity index (χ4n) is 1.68. The van der Waals surface area contributed by atoms with Crippen molar-refractivity contribution in [2.45, 2.75) is 11.2 Å². The maximum absolute atomic E-state index is 13.8. The molecule has 1 aromatic carbocycles. The molecule has 1 atom stereocenters. The van der Waals surface area contributed by atoms with Gasteiger partial charge in [-0.15, -0.1) is 0 Å². The summed E-state index contributed by atoms with van der Waals surface area (Å²) in [4.78, 5) is -0.290. The van der Waals surface area contributed by atoms with Crippen LogP contribution in [-0.2, 0) is 11.2 Å². The lowest BCUT2D eigenvalue weighted by Gasteiger charge is -2.13. The number of halogens is 4. The first-order valence-electron chi connectivity index (χ1n) is 4.49. The molecule has 5 heteroatoms. The molecule has 0 amide bonds. The van der Waals surface area contributed by atoms with E-state index in [0.29, 0.717) is 30.8 Å². The molecule has 0 saturated carbocycles. The van der Waals surface area contributed by atoms with Crippen molar-refractivity contribution in [1.82, 2.24) is 0 Å². The van der Waals surface area contributed by atoms with Gasteiger partial charge in [-0.1, -0.05) is 15.9 Å². The molecule has 0 spiro atoms. The van der Waals surface area contributed by atoms with Gasteiger partial charge in [0, 0.05) is 5.56 Å². The normalized spacial score (nSPS) is 20.9. The molecule has 1 heterocycles.